The van der Waals surface area contributed by atoms with Gasteiger partial charge in [-0.2, -0.15) is 9.37 Å². The molecule has 0 amide bonds. The lowest BCUT2D eigenvalue weighted by Crippen LogP contribution is -2.03. The van der Waals surface area contributed by atoms with Gasteiger partial charge in [-0.3, -0.25) is 0 Å². The molecule has 0 atom stereocenters. The molecule has 0 aliphatic rings. The quantitative estimate of drug-likeness (QED) is 0.331. The van der Waals surface area contributed by atoms with Gasteiger partial charge < -0.3 is 10.2 Å². The second-order valence-corrected chi connectivity index (χ2v) is 2.72. The zero-order valence-corrected chi connectivity index (χ0v) is 7.36. The molecule has 0 aliphatic carbocycles. The zero-order valence-electron chi connectivity index (χ0n) is 5.20. The summed E-state index contributed by atoms with van der Waals surface area (Å²) in [6, 6.07) is 0. The number of hydrogen-bond acceptors (Lipinski definition) is 4. The van der Waals surface area contributed by atoms with Crippen LogP contribution in [0.1, 0.15) is 11.9 Å². The molecule has 0 spiro atoms. The predicted octanol–water partition coefficient (Wildman–Crippen LogP) is 0.204. The summed E-state index contributed by atoms with van der Waals surface area (Å²) >= 11 is 1.72. The van der Waals surface area contributed by atoms with Gasteiger partial charge in [0.15, 0.2) is 10.1 Å². The average Bonchev–Trinajstić information content (AvgIpc) is 1.85. The highest BCUT2D eigenvalue weighted by Gasteiger charge is 2.11. The van der Waals surface area contributed by atoms with Crippen LogP contribution < -0.4 is 0 Å². The molecule has 0 saturated heterocycles. The van der Waals surface area contributed by atoms with E-state index in [2.05, 4.69) is 9.97 Å². The lowest BCUT2D eigenvalue weighted by molar-refractivity contribution is -0.0457. The lowest BCUT2D eigenvalue weighted by Gasteiger charge is -2.02. The first-order valence-electron chi connectivity index (χ1n) is 2.65. The SMILES string of the molecule is OC(O)c1cnc(I)nc1F. The molecule has 0 unspecified atom stereocenters. The molecule has 0 aliphatic heterocycles. The summed E-state index contributed by atoms with van der Waals surface area (Å²) < 4.78 is 12.9. The van der Waals surface area contributed by atoms with E-state index in [4.69, 9.17) is 10.2 Å². The van der Waals surface area contributed by atoms with E-state index in [-0.39, 0.29) is 9.39 Å². The Kier molecular flexibility index (Phi) is 2.68. The Labute approximate surface area is 75.3 Å². The maximum atomic E-state index is 12.6. The lowest BCUT2D eigenvalue weighted by atomic mass is 10.3. The first-order valence-corrected chi connectivity index (χ1v) is 3.73. The second kappa shape index (κ2) is 3.37. The fourth-order valence-electron chi connectivity index (χ4n) is 0.524. The van der Waals surface area contributed by atoms with Crippen molar-refractivity contribution in [3.63, 3.8) is 0 Å². The molecular formula is C5H4FIN2O2. The van der Waals surface area contributed by atoms with Gasteiger partial charge in [-0.1, -0.05) is 0 Å². The van der Waals surface area contributed by atoms with E-state index in [1.165, 1.54) is 0 Å². The predicted molar refractivity (Wildman–Crippen MR) is 41.9 cm³/mol. The molecule has 6 heteroatoms. The van der Waals surface area contributed by atoms with Crippen molar-refractivity contribution in [3.05, 3.63) is 21.5 Å². The van der Waals surface area contributed by atoms with E-state index in [0.29, 0.717) is 0 Å². The van der Waals surface area contributed by atoms with Gasteiger partial charge >= 0.3 is 0 Å². The number of aliphatic hydroxyl groups excluding tert-OH is 1. The number of hydrogen-bond donors (Lipinski definition) is 2. The van der Waals surface area contributed by atoms with E-state index < -0.39 is 12.2 Å². The Morgan fingerprint density at radius 2 is 2.18 bits per heavy atom. The van der Waals surface area contributed by atoms with Crippen LogP contribution in [0.2, 0.25) is 0 Å². The molecule has 60 valence electrons. The van der Waals surface area contributed by atoms with Gasteiger partial charge in [0.05, 0.1) is 5.56 Å². The Balaban J connectivity index is 3.09. The van der Waals surface area contributed by atoms with E-state index >= 15 is 0 Å². The molecule has 11 heavy (non-hydrogen) atoms. The standard InChI is InChI=1S/C5H4FIN2O2/c6-3-2(4(10)11)1-8-5(7)9-3/h1,4,10-11H. The average molecular weight is 270 g/mol. The summed E-state index contributed by atoms with van der Waals surface area (Å²) in [5, 5.41) is 17.1. The molecule has 1 rings (SSSR count). The van der Waals surface area contributed by atoms with Crippen molar-refractivity contribution >= 4 is 22.6 Å². The van der Waals surface area contributed by atoms with Crippen molar-refractivity contribution in [1.29, 1.82) is 0 Å². The minimum Gasteiger partial charge on any atom is -0.364 e. The molecule has 1 aromatic rings. The van der Waals surface area contributed by atoms with Crippen LogP contribution in [0.5, 0.6) is 0 Å². The van der Waals surface area contributed by atoms with Crippen LogP contribution in [-0.4, -0.2) is 20.2 Å². The summed E-state index contributed by atoms with van der Waals surface area (Å²) in [6.07, 6.45) is -0.818. The van der Waals surface area contributed by atoms with Crippen LogP contribution in [0.4, 0.5) is 4.39 Å². The molecule has 0 bridgehead atoms. The fraction of sp³-hybridized carbons (Fsp3) is 0.200. The van der Waals surface area contributed by atoms with E-state index in [1.807, 2.05) is 0 Å². The van der Waals surface area contributed by atoms with Crippen LogP contribution in [0.25, 0.3) is 0 Å². The molecule has 0 fully saturated rings. The molecule has 0 radical (unpaired) electrons. The van der Waals surface area contributed by atoms with Crippen molar-refractivity contribution in [2.75, 3.05) is 0 Å². The molecule has 0 saturated carbocycles. The van der Waals surface area contributed by atoms with Gasteiger partial charge in [-0.25, -0.2) is 4.98 Å². The zero-order chi connectivity index (χ0) is 8.43. The van der Waals surface area contributed by atoms with Gasteiger partial charge in [0, 0.05) is 28.8 Å². The van der Waals surface area contributed by atoms with Crippen LogP contribution in [0.3, 0.4) is 0 Å². The van der Waals surface area contributed by atoms with Crippen molar-refractivity contribution < 1.29 is 14.6 Å². The van der Waals surface area contributed by atoms with Gasteiger partial charge in [0.25, 0.3) is 0 Å². The van der Waals surface area contributed by atoms with Gasteiger partial charge in [0.1, 0.15) is 0 Å². The number of halogens is 2. The van der Waals surface area contributed by atoms with Gasteiger partial charge in [0.2, 0.25) is 5.95 Å². The third-order valence-electron chi connectivity index (χ3n) is 1.02. The highest BCUT2D eigenvalue weighted by Crippen LogP contribution is 2.11. The number of aromatic nitrogens is 2. The molecule has 1 heterocycles. The van der Waals surface area contributed by atoms with Crippen LogP contribution in [0, 0.1) is 9.78 Å². The van der Waals surface area contributed by atoms with Crippen LogP contribution in [-0.2, 0) is 0 Å². The van der Waals surface area contributed by atoms with Crippen molar-refractivity contribution in [3.8, 4) is 0 Å². The molecular weight excluding hydrogens is 266 g/mol. The van der Waals surface area contributed by atoms with E-state index in [1.54, 1.807) is 22.6 Å². The molecule has 2 N–H and O–H groups in total. The summed E-state index contributed by atoms with van der Waals surface area (Å²) in [7, 11) is 0. The maximum absolute atomic E-state index is 12.6. The van der Waals surface area contributed by atoms with E-state index in [9.17, 15) is 4.39 Å². The maximum Gasteiger partial charge on any atom is 0.225 e. The van der Waals surface area contributed by atoms with E-state index in [0.717, 1.165) is 6.20 Å². The van der Waals surface area contributed by atoms with Crippen molar-refractivity contribution in [2.45, 2.75) is 6.29 Å². The Morgan fingerprint density at radius 3 is 2.64 bits per heavy atom. The van der Waals surface area contributed by atoms with Crippen molar-refractivity contribution in [1.82, 2.24) is 9.97 Å². The first-order chi connectivity index (χ1) is 5.11. The fourth-order valence-corrected chi connectivity index (χ4v) is 0.875. The summed E-state index contributed by atoms with van der Waals surface area (Å²) in [6.45, 7) is 0. The minimum absolute atomic E-state index is 0.226. The highest BCUT2D eigenvalue weighted by atomic mass is 127. The van der Waals surface area contributed by atoms with Gasteiger partial charge in [-0.05, 0) is 0 Å². The largest absolute Gasteiger partial charge is 0.364 e. The smallest absolute Gasteiger partial charge is 0.225 e. The van der Waals surface area contributed by atoms with Crippen LogP contribution in [0.15, 0.2) is 6.20 Å². The summed E-state index contributed by atoms with van der Waals surface area (Å²) in [5.74, 6) is -0.903. The second-order valence-electron chi connectivity index (χ2n) is 1.76. The Bertz CT molecular complexity index is 269. The topological polar surface area (TPSA) is 66.2 Å². The Hall–Kier alpha value is -0.340. The normalized spacial score (nSPS) is 10.6. The third-order valence-corrected chi connectivity index (χ3v) is 1.54. The molecule has 1 aromatic heterocycles. The summed E-state index contributed by atoms with van der Waals surface area (Å²) in [5.41, 5.74) is -0.314. The molecule has 0 aromatic carbocycles. The number of rotatable bonds is 1. The summed E-state index contributed by atoms with van der Waals surface area (Å²) in [4.78, 5) is 6.86. The van der Waals surface area contributed by atoms with Gasteiger partial charge in [-0.15, -0.1) is 0 Å². The van der Waals surface area contributed by atoms with Crippen molar-refractivity contribution in [2.24, 2.45) is 0 Å². The first kappa shape index (κ1) is 8.75. The number of nitrogens with zero attached hydrogens (tertiary/aromatic N) is 2. The third kappa shape index (κ3) is 2.04. The highest BCUT2D eigenvalue weighted by molar-refractivity contribution is 14.1. The minimum atomic E-state index is -1.85. The monoisotopic (exact) mass is 270 g/mol. The Morgan fingerprint density at radius 1 is 1.55 bits per heavy atom. The molecule has 4 nitrogen and oxygen atoms in total. The number of aliphatic hydroxyl groups is 2. The van der Waals surface area contributed by atoms with Crippen LogP contribution >= 0.6 is 22.6 Å².